The quantitative estimate of drug-likeness (QED) is 0.393. The Morgan fingerprint density at radius 3 is 1.48 bits per heavy atom. The van der Waals surface area contributed by atoms with Crippen LogP contribution in [0.5, 0.6) is 0 Å². The smallest absolute Gasteiger partial charge is 0.258 e. The molecule has 0 unspecified atom stereocenters. The molecule has 13 heteroatoms. The van der Waals surface area contributed by atoms with Gasteiger partial charge in [-0.25, -0.2) is 0 Å². The van der Waals surface area contributed by atoms with Crippen LogP contribution in [0.4, 0.5) is 28.4 Å². The van der Waals surface area contributed by atoms with E-state index in [4.69, 9.17) is 0 Å². The van der Waals surface area contributed by atoms with Crippen LogP contribution in [0, 0.1) is 40.2 Å². The van der Waals surface area contributed by atoms with Crippen LogP contribution in [0.3, 0.4) is 0 Å². The molecule has 0 N–H and O–H groups in total. The summed E-state index contributed by atoms with van der Waals surface area (Å²) in [7, 11) is 0. The molecule has 0 saturated carbocycles. The SMILES string of the molecule is CCCCc1c(N=O)c([N+](=O)[O-])c([N+](=O)[O-])c([N+](=O)[O-])c1N=O. The van der Waals surface area contributed by atoms with Crippen molar-refractivity contribution in [2.75, 3.05) is 0 Å². The van der Waals surface area contributed by atoms with E-state index < -0.39 is 48.8 Å². The van der Waals surface area contributed by atoms with E-state index in [1.54, 1.807) is 6.92 Å². The van der Waals surface area contributed by atoms with Gasteiger partial charge in [0.2, 0.25) is 0 Å². The van der Waals surface area contributed by atoms with E-state index in [9.17, 15) is 40.2 Å². The largest absolute Gasteiger partial charge is 0.427 e. The summed E-state index contributed by atoms with van der Waals surface area (Å²) in [5.41, 5.74) is -6.86. The minimum atomic E-state index is -1.59. The monoisotopic (exact) mass is 327 g/mol. The average Bonchev–Trinajstić information content (AvgIpc) is 2.49. The first kappa shape index (κ1) is 17.7. The van der Waals surface area contributed by atoms with Crippen LogP contribution in [0.2, 0.25) is 0 Å². The zero-order valence-electron chi connectivity index (χ0n) is 11.6. The van der Waals surface area contributed by atoms with Gasteiger partial charge in [0.25, 0.3) is 0 Å². The van der Waals surface area contributed by atoms with Gasteiger partial charge >= 0.3 is 17.1 Å². The summed E-state index contributed by atoms with van der Waals surface area (Å²) in [5.74, 6) is 0. The highest BCUT2D eigenvalue weighted by Gasteiger charge is 2.45. The summed E-state index contributed by atoms with van der Waals surface area (Å²) in [5, 5.41) is 37.9. The highest BCUT2D eigenvalue weighted by molar-refractivity contribution is 5.88. The normalized spacial score (nSPS) is 10.1. The predicted octanol–water partition coefficient (Wildman–Crippen LogP) is 3.55. The van der Waals surface area contributed by atoms with Gasteiger partial charge in [-0.1, -0.05) is 13.3 Å². The summed E-state index contributed by atoms with van der Waals surface area (Å²) in [6, 6.07) is 0. The summed E-state index contributed by atoms with van der Waals surface area (Å²) in [6.07, 6.45) is 0.671. The molecule has 0 aliphatic rings. The van der Waals surface area contributed by atoms with Crippen LogP contribution in [-0.2, 0) is 6.42 Å². The fraction of sp³-hybridized carbons (Fsp3) is 0.400. The minimum absolute atomic E-state index is 0.154. The Hall–Kier alpha value is -3.38. The number of rotatable bonds is 8. The third-order valence-corrected chi connectivity index (χ3v) is 2.98. The first-order chi connectivity index (χ1) is 10.8. The molecule has 0 atom stereocenters. The molecule has 0 saturated heterocycles. The molecule has 1 aromatic carbocycles. The fourth-order valence-electron chi connectivity index (χ4n) is 2.04. The Balaban J connectivity index is 4.10. The lowest BCUT2D eigenvalue weighted by molar-refractivity contribution is -0.440. The van der Waals surface area contributed by atoms with Crippen molar-refractivity contribution in [3.8, 4) is 0 Å². The lowest BCUT2D eigenvalue weighted by atomic mass is 10.00. The van der Waals surface area contributed by atoms with Crippen LogP contribution in [0.1, 0.15) is 25.3 Å². The van der Waals surface area contributed by atoms with Gasteiger partial charge in [0.1, 0.15) is 0 Å². The standard InChI is InChI=1S/C10H9N5O8/c1-2-3-4-5-6(11-16)8(13(18)19)10(15(22)23)9(14(20)21)7(5)12-17/h2-4H2,1H3. The molecule has 0 bridgehead atoms. The van der Waals surface area contributed by atoms with E-state index in [2.05, 4.69) is 10.4 Å². The number of nitrogens with zero attached hydrogens (tertiary/aromatic N) is 5. The number of nitro benzene ring substituents is 3. The number of nitro groups is 3. The Bertz CT molecular complexity index is 669. The molecule has 0 fully saturated rings. The van der Waals surface area contributed by atoms with Crippen molar-refractivity contribution in [2.24, 2.45) is 10.4 Å². The Kier molecular flexibility index (Phi) is 5.42. The van der Waals surface area contributed by atoms with Crippen molar-refractivity contribution in [1.29, 1.82) is 0 Å². The maximum atomic E-state index is 11.1. The summed E-state index contributed by atoms with van der Waals surface area (Å²) >= 11 is 0. The zero-order valence-corrected chi connectivity index (χ0v) is 11.6. The maximum Gasteiger partial charge on any atom is 0.427 e. The second-order valence-corrected chi connectivity index (χ2v) is 4.28. The first-order valence-electron chi connectivity index (χ1n) is 6.14. The van der Waals surface area contributed by atoms with E-state index in [0.717, 1.165) is 0 Å². The summed E-state index contributed by atoms with van der Waals surface area (Å²) in [6.45, 7) is 1.72. The van der Waals surface area contributed by atoms with E-state index in [1.165, 1.54) is 0 Å². The second kappa shape index (κ2) is 7.06. The van der Waals surface area contributed by atoms with Crippen molar-refractivity contribution in [1.82, 2.24) is 0 Å². The van der Waals surface area contributed by atoms with Gasteiger partial charge in [0, 0.05) is 5.56 Å². The van der Waals surface area contributed by atoms with Crippen molar-refractivity contribution in [3.63, 3.8) is 0 Å². The fourth-order valence-corrected chi connectivity index (χ4v) is 2.04. The number of nitroso groups, excluding NO2 is 2. The highest BCUT2D eigenvalue weighted by Crippen LogP contribution is 2.52. The second-order valence-electron chi connectivity index (χ2n) is 4.28. The van der Waals surface area contributed by atoms with Gasteiger partial charge in [-0.15, -0.1) is 9.81 Å². The molecule has 0 aliphatic carbocycles. The highest BCUT2D eigenvalue weighted by atomic mass is 16.6. The van der Waals surface area contributed by atoms with Crippen molar-refractivity contribution < 1.29 is 14.8 Å². The van der Waals surface area contributed by atoms with Gasteiger partial charge in [-0.2, -0.15) is 0 Å². The van der Waals surface area contributed by atoms with Gasteiger partial charge in [0.05, 0.1) is 14.8 Å². The van der Waals surface area contributed by atoms with E-state index in [0.29, 0.717) is 12.8 Å². The lowest BCUT2D eigenvalue weighted by Crippen LogP contribution is -2.05. The van der Waals surface area contributed by atoms with E-state index in [-0.39, 0.29) is 6.42 Å². The number of hydrogen-bond donors (Lipinski definition) is 0. The third kappa shape index (κ3) is 3.12. The molecule has 0 spiro atoms. The molecular formula is C10H9N5O8. The van der Waals surface area contributed by atoms with Gasteiger partial charge in [-0.3, -0.25) is 30.3 Å². The van der Waals surface area contributed by atoms with Crippen molar-refractivity contribution in [2.45, 2.75) is 26.2 Å². The number of benzene rings is 1. The predicted molar refractivity (Wildman–Crippen MR) is 75.9 cm³/mol. The molecule has 0 amide bonds. The lowest BCUT2D eigenvalue weighted by Gasteiger charge is -2.07. The summed E-state index contributed by atoms with van der Waals surface area (Å²) in [4.78, 5) is 51.0. The Labute approximate surface area is 126 Å². The zero-order chi connectivity index (χ0) is 17.7. The van der Waals surface area contributed by atoms with Crippen molar-refractivity contribution >= 4 is 28.4 Å². The Morgan fingerprint density at radius 2 is 1.22 bits per heavy atom. The minimum Gasteiger partial charge on any atom is -0.258 e. The van der Waals surface area contributed by atoms with E-state index in [1.807, 2.05) is 0 Å². The van der Waals surface area contributed by atoms with Gasteiger partial charge in [0.15, 0.2) is 11.4 Å². The molecule has 122 valence electrons. The molecule has 0 heterocycles. The molecule has 1 aromatic rings. The molecule has 1 rings (SSSR count). The first-order valence-corrected chi connectivity index (χ1v) is 6.14. The van der Waals surface area contributed by atoms with Crippen LogP contribution in [-0.4, -0.2) is 14.8 Å². The van der Waals surface area contributed by atoms with Gasteiger partial charge in [-0.05, 0) is 23.2 Å². The molecule has 23 heavy (non-hydrogen) atoms. The van der Waals surface area contributed by atoms with Gasteiger partial charge < -0.3 is 0 Å². The van der Waals surface area contributed by atoms with Crippen LogP contribution < -0.4 is 0 Å². The summed E-state index contributed by atoms with van der Waals surface area (Å²) < 4.78 is 0. The molecule has 13 nitrogen and oxygen atoms in total. The molecule has 0 radical (unpaired) electrons. The molecule has 0 aliphatic heterocycles. The molecule has 0 aromatic heterocycles. The van der Waals surface area contributed by atoms with Crippen molar-refractivity contribution in [3.05, 3.63) is 45.7 Å². The maximum absolute atomic E-state index is 11.1. The van der Waals surface area contributed by atoms with Crippen LogP contribution in [0.25, 0.3) is 0 Å². The molecular weight excluding hydrogens is 318 g/mol. The van der Waals surface area contributed by atoms with Crippen LogP contribution >= 0.6 is 0 Å². The third-order valence-electron chi connectivity index (χ3n) is 2.98. The van der Waals surface area contributed by atoms with E-state index >= 15 is 0 Å². The topological polar surface area (TPSA) is 188 Å². The number of unbranched alkanes of at least 4 members (excludes halogenated alkanes) is 1. The number of hydrogen-bond acceptors (Lipinski definition) is 10. The Morgan fingerprint density at radius 1 is 0.826 bits per heavy atom. The average molecular weight is 327 g/mol. The van der Waals surface area contributed by atoms with Crippen LogP contribution in [0.15, 0.2) is 10.4 Å².